The van der Waals surface area contributed by atoms with Crippen molar-refractivity contribution in [2.45, 2.75) is 54.8 Å². The van der Waals surface area contributed by atoms with Crippen molar-refractivity contribution in [2.24, 2.45) is 10.3 Å². The van der Waals surface area contributed by atoms with Crippen molar-refractivity contribution in [3.63, 3.8) is 0 Å². The van der Waals surface area contributed by atoms with Gasteiger partial charge in [-0.2, -0.15) is 0 Å². The Morgan fingerprint density at radius 3 is 1.82 bits per heavy atom. The Labute approximate surface area is 198 Å². The number of rotatable bonds is 10. The van der Waals surface area contributed by atoms with Gasteiger partial charge in [0.2, 0.25) is 0 Å². The second kappa shape index (κ2) is 11.5. The summed E-state index contributed by atoms with van der Waals surface area (Å²) in [6.07, 6.45) is 0. The maximum atomic E-state index is 6.17. The predicted octanol–water partition coefficient (Wildman–Crippen LogP) is 7.42. The van der Waals surface area contributed by atoms with Gasteiger partial charge in [0.05, 0.1) is 5.69 Å². The van der Waals surface area contributed by atoms with Crippen LogP contribution in [0.4, 0.5) is 5.69 Å². The maximum absolute atomic E-state index is 6.17. The number of hydrogen-bond donors (Lipinski definition) is 0. The van der Waals surface area contributed by atoms with Crippen LogP contribution in [0.5, 0.6) is 11.5 Å². The highest BCUT2D eigenvalue weighted by atomic mass is 16.5. The lowest BCUT2D eigenvalue weighted by atomic mass is 10.1. The Balaban J connectivity index is 1.81. The van der Waals surface area contributed by atoms with Gasteiger partial charge < -0.3 is 9.47 Å². The Morgan fingerprint density at radius 2 is 1.27 bits per heavy atom. The van der Waals surface area contributed by atoms with Crippen molar-refractivity contribution in [1.82, 2.24) is 5.01 Å². The molecule has 0 spiro atoms. The van der Waals surface area contributed by atoms with E-state index in [-0.39, 0.29) is 0 Å². The lowest BCUT2D eigenvalue weighted by Gasteiger charge is -2.15. The Morgan fingerprint density at radius 1 is 0.697 bits per heavy atom. The summed E-state index contributed by atoms with van der Waals surface area (Å²) in [6.45, 7) is 15.0. The third-order valence-corrected chi connectivity index (χ3v) is 5.59. The van der Waals surface area contributed by atoms with Crippen LogP contribution in [0.3, 0.4) is 0 Å². The summed E-state index contributed by atoms with van der Waals surface area (Å²) in [5.41, 5.74) is 7.56. The Hall–Kier alpha value is -3.34. The standard InChI is InChI=1S/C28H35N3O2/c1-7-31(8-2)30-29-26-12-11-24(18-32-27-13-9-20(3)15-22(27)5)17-25(26)19-33-28-14-10-21(4)16-23(28)6/h9-17H,7-8,18-19H2,1-6H3. The molecule has 5 heteroatoms. The summed E-state index contributed by atoms with van der Waals surface area (Å²) in [7, 11) is 0. The highest BCUT2D eigenvalue weighted by molar-refractivity contribution is 5.48. The largest absolute Gasteiger partial charge is 0.489 e. The second-order valence-corrected chi connectivity index (χ2v) is 8.41. The molecule has 0 fully saturated rings. The van der Waals surface area contributed by atoms with E-state index in [9.17, 15) is 0 Å². The predicted molar refractivity (Wildman–Crippen MR) is 134 cm³/mol. The number of hydrogen-bond acceptors (Lipinski definition) is 4. The summed E-state index contributed by atoms with van der Waals surface area (Å²) in [5.74, 6) is 1.78. The van der Waals surface area contributed by atoms with Gasteiger partial charge in [-0.05, 0) is 82.5 Å². The molecular formula is C28H35N3O2. The Bertz CT molecular complexity index is 1100. The van der Waals surface area contributed by atoms with Gasteiger partial charge in [-0.1, -0.05) is 46.7 Å². The van der Waals surface area contributed by atoms with Crippen molar-refractivity contribution in [2.75, 3.05) is 13.1 Å². The fraction of sp³-hybridized carbons (Fsp3) is 0.357. The van der Waals surface area contributed by atoms with Crippen molar-refractivity contribution in [3.05, 3.63) is 88.0 Å². The molecule has 0 unspecified atom stereocenters. The zero-order valence-electron chi connectivity index (χ0n) is 20.7. The van der Waals surface area contributed by atoms with Gasteiger partial charge in [-0.15, -0.1) is 5.11 Å². The molecule has 3 rings (SSSR count). The van der Waals surface area contributed by atoms with E-state index < -0.39 is 0 Å². The molecule has 3 aromatic rings. The molecule has 0 heterocycles. The summed E-state index contributed by atoms with van der Waals surface area (Å²) < 4.78 is 12.3. The molecule has 0 radical (unpaired) electrons. The van der Waals surface area contributed by atoms with E-state index in [1.807, 2.05) is 29.3 Å². The maximum Gasteiger partial charge on any atom is 0.122 e. The molecule has 0 atom stereocenters. The van der Waals surface area contributed by atoms with E-state index in [4.69, 9.17) is 9.47 Å². The molecule has 0 aliphatic carbocycles. The third kappa shape index (κ3) is 6.82. The minimum atomic E-state index is 0.411. The van der Waals surface area contributed by atoms with E-state index in [1.54, 1.807) is 0 Å². The topological polar surface area (TPSA) is 46.4 Å². The lowest BCUT2D eigenvalue weighted by Crippen LogP contribution is -2.14. The zero-order chi connectivity index (χ0) is 23.8. The highest BCUT2D eigenvalue weighted by Gasteiger charge is 2.09. The first-order valence-corrected chi connectivity index (χ1v) is 11.6. The lowest BCUT2D eigenvalue weighted by molar-refractivity contribution is 0.294. The normalized spacial score (nSPS) is 11.1. The van der Waals surface area contributed by atoms with E-state index in [1.165, 1.54) is 11.1 Å². The average molecular weight is 446 g/mol. The molecular weight excluding hydrogens is 410 g/mol. The Kier molecular flexibility index (Phi) is 8.47. The minimum absolute atomic E-state index is 0.411. The van der Waals surface area contributed by atoms with Crippen LogP contribution in [0.1, 0.15) is 47.2 Å². The number of benzene rings is 3. The summed E-state index contributed by atoms with van der Waals surface area (Å²) >= 11 is 0. The van der Waals surface area contributed by atoms with Crippen LogP contribution in [-0.2, 0) is 13.2 Å². The van der Waals surface area contributed by atoms with E-state index >= 15 is 0 Å². The number of nitrogens with zero attached hydrogens (tertiary/aromatic N) is 3. The van der Waals surface area contributed by atoms with Crippen molar-refractivity contribution in [3.8, 4) is 11.5 Å². The first-order chi connectivity index (χ1) is 15.9. The summed E-state index contributed by atoms with van der Waals surface area (Å²) in [5, 5.41) is 10.8. The fourth-order valence-corrected chi connectivity index (χ4v) is 3.64. The monoisotopic (exact) mass is 445 g/mol. The highest BCUT2D eigenvalue weighted by Crippen LogP contribution is 2.27. The van der Waals surface area contributed by atoms with Crippen LogP contribution in [-0.4, -0.2) is 18.1 Å². The number of ether oxygens (including phenoxy) is 2. The van der Waals surface area contributed by atoms with Gasteiger partial charge in [0.15, 0.2) is 0 Å². The van der Waals surface area contributed by atoms with Gasteiger partial charge in [0.1, 0.15) is 24.7 Å². The molecule has 0 aromatic heterocycles. The van der Waals surface area contributed by atoms with E-state index in [0.29, 0.717) is 13.2 Å². The first kappa shape index (κ1) is 24.3. The molecule has 5 nitrogen and oxygen atoms in total. The summed E-state index contributed by atoms with van der Waals surface area (Å²) in [6, 6.07) is 18.6. The van der Waals surface area contributed by atoms with Crippen molar-refractivity contribution >= 4 is 5.69 Å². The molecule has 0 amide bonds. The molecule has 0 aliphatic rings. The smallest absolute Gasteiger partial charge is 0.122 e. The molecule has 0 N–H and O–H groups in total. The van der Waals surface area contributed by atoms with Crippen LogP contribution in [0.15, 0.2) is 64.9 Å². The quantitative estimate of drug-likeness (QED) is 0.241. The summed E-state index contributed by atoms with van der Waals surface area (Å²) in [4.78, 5) is 0. The first-order valence-electron chi connectivity index (χ1n) is 11.6. The van der Waals surface area contributed by atoms with Crippen LogP contribution in [0.25, 0.3) is 0 Å². The van der Waals surface area contributed by atoms with Gasteiger partial charge in [0, 0.05) is 18.7 Å². The second-order valence-electron chi connectivity index (χ2n) is 8.41. The van der Waals surface area contributed by atoms with Gasteiger partial charge in [-0.3, -0.25) is 5.01 Å². The van der Waals surface area contributed by atoms with Crippen LogP contribution in [0, 0.1) is 27.7 Å². The van der Waals surface area contributed by atoms with Crippen LogP contribution in [0.2, 0.25) is 0 Å². The molecule has 0 aliphatic heterocycles. The van der Waals surface area contributed by atoms with Gasteiger partial charge in [0.25, 0.3) is 0 Å². The molecule has 0 bridgehead atoms. The van der Waals surface area contributed by atoms with E-state index in [2.05, 4.69) is 82.2 Å². The molecule has 33 heavy (non-hydrogen) atoms. The van der Waals surface area contributed by atoms with Crippen molar-refractivity contribution < 1.29 is 9.47 Å². The SMILES string of the molecule is CCN(CC)N=Nc1ccc(COc2ccc(C)cc2C)cc1COc1ccc(C)cc1C. The fourth-order valence-electron chi connectivity index (χ4n) is 3.64. The van der Waals surface area contributed by atoms with Gasteiger partial charge >= 0.3 is 0 Å². The molecule has 0 saturated carbocycles. The molecule has 0 saturated heterocycles. The molecule has 174 valence electrons. The van der Waals surface area contributed by atoms with Crippen LogP contribution >= 0.6 is 0 Å². The van der Waals surface area contributed by atoms with Crippen molar-refractivity contribution in [1.29, 1.82) is 0 Å². The minimum Gasteiger partial charge on any atom is -0.489 e. The van der Waals surface area contributed by atoms with Crippen LogP contribution < -0.4 is 9.47 Å². The molecule has 3 aromatic carbocycles. The van der Waals surface area contributed by atoms with E-state index in [0.717, 1.165) is 52.5 Å². The van der Waals surface area contributed by atoms with Gasteiger partial charge in [-0.25, -0.2) is 0 Å². The zero-order valence-corrected chi connectivity index (χ0v) is 20.7. The third-order valence-electron chi connectivity index (χ3n) is 5.59. The average Bonchev–Trinajstić information content (AvgIpc) is 2.79. The number of aryl methyl sites for hydroxylation is 4.